The average Bonchev–Trinajstić information content (AvgIpc) is 3.43. The first-order valence-corrected chi connectivity index (χ1v) is 9.29. The van der Waals surface area contributed by atoms with E-state index in [0.717, 1.165) is 4.88 Å². The number of thiophene rings is 1. The number of carbonyl (C=O) groups excluding carboxylic acids is 2. The van der Waals surface area contributed by atoms with Crippen molar-refractivity contribution >= 4 is 29.2 Å². The summed E-state index contributed by atoms with van der Waals surface area (Å²) in [6.07, 6.45) is 1.70. The van der Waals surface area contributed by atoms with E-state index < -0.39 is 5.97 Å². The third kappa shape index (κ3) is 2.91. The van der Waals surface area contributed by atoms with Gasteiger partial charge in [-0.15, -0.1) is 11.3 Å². The lowest BCUT2D eigenvalue weighted by molar-refractivity contribution is 0.0734. The summed E-state index contributed by atoms with van der Waals surface area (Å²) in [5.41, 5.74) is 0.769. The van der Waals surface area contributed by atoms with Crippen molar-refractivity contribution in [1.29, 1.82) is 0 Å². The van der Waals surface area contributed by atoms with Crippen LogP contribution in [0.2, 0.25) is 0 Å². The van der Waals surface area contributed by atoms with Crippen LogP contribution < -0.4 is 18.9 Å². The molecule has 6 nitrogen and oxygen atoms in total. The van der Waals surface area contributed by atoms with Gasteiger partial charge in [0.25, 0.3) is 0 Å². The van der Waals surface area contributed by atoms with Crippen LogP contribution in [0.15, 0.2) is 59.7 Å². The molecule has 7 heteroatoms. The number of allylic oxidation sites excluding steroid dienone is 1. The van der Waals surface area contributed by atoms with E-state index in [9.17, 15) is 9.59 Å². The third-order valence-corrected chi connectivity index (χ3v) is 5.10. The maximum Gasteiger partial charge on any atom is 0.343 e. The van der Waals surface area contributed by atoms with E-state index in [1.807, 2.05) is 17.5 Å². The van der Waals surface area contributed by atoms with Crippen molar-refractivity contribution in [3.8, 4) is 23.0 Å². The van der Waals surface area contributed by atoms with Gasteiger partial charge < -0.3 is 18.9 Å². The van der Waals surface area contributed by atoms with Gasteiger partial charge >= 0.3 is 5.97 Å². The van der Waals surface area contributed by atoms with Crippen LogP contribution in [-0.2, 0) is 0 Å². The van der Waals surface area contributed by atoms with E-state index in [2.05, 4.69) is 0 Å². The Morgan fingerprint density at radius 3 is 2.79 bits per heavy atom. The molecule has 0 saturated carbocycles. The van der Waals surface area contributed by atoms with E-state index >= 15 is 0 Å². The van der Waals surface area contributed by atoms with E-state index in [1.54, 1.807) is 36.4 Å². The second-order valence-electron chi connectivity index (χ2n) is 6.07. The van der Waals surface area contributed by atoms with Gasteiger partial charge in [0.05, 0.1) is 11.1 Å². The summed E-state index contributed by atoms with van der Waals surface area (Å²) in [5.74, 6) is 1.24. The first-order chi connectivity index (χ1) is 13.7. The van der Waals surface area contributed by atoms with Crippen LogP contribution in [0, 0.1) is 0 Å². The van der Waals surface area contributed by atoms with Gasteiger partial charge in [0, 0.05) is 17.0 Å². The van der Waals surface area contributed by atoms with Gasteiger partial charge in [-0.1, -0.05) is 6.07 Å². The first-order valence-electron chi connectivity index (χ1n) is 8.41. The second-order valence-corrected chi connectivity index (χ2v) is 7.05. The molecular weight excluding hydrogens is 380 g/mol. The zero-order valence-electron chi connectivity index (χ0n) is 14.3. The van der Waals surface area contributed by atoms with Crippen LogP contribution in [0.5, 0.6) is 23.0 Å². The molecule has 0 N–H and O–H groups in total. The molecule has 0 aliphatic carbocycles. The van der Waals surface area contributed by atoms with E-state index in [1.165, 1.54) is 17.4 Å². The maximum absolute atomic E-state index is 12.5. The Hall–Kier alpha value is -3.58. The van der Waals surface area contributed by atoms with Crippen LogP contribution in [0.4, 0.5) is 0 Å². The molecular formula is C21H12O6S. The monoisotopic (exact) mass is 392 g/mol. The highest BCUT2D eigenvalue weighted by Crippen LogP contribution is 2.36. The lowest BCUT2D eigenvalue weighted by Crippen LogP contribution is -2.08. The second kappa shape index (κ2) is 6.54. The summed E-state index contributed by atoms with van der Waals surface area (Å²) in [6, 6.07) is 13.3. The number of benzene rings is 2. The summed E-state index contributed by atoms with van der Waals surface area (Å²) in [4.78, 5) is 25.8. The smallest absolute Gasteiger partial charge is 0.343 e. The predicted octanol–water partition coefficient (Wildman–Crippen LogP) is 4.31. The minimum Gasteiger partial charge on any atom is -0.454 e. The number of esters is 1. The Labute approximate surface area is 163 Å². The Bertz CT molecular complexity index is 1130. The minimum absolute atomic E-state index is 0.130. The highest BCUT2D eigenvalue weighted by Gasteiger charge is 2.28. The Kier molecular flexibility index (Phi) is 3.87. The molecule has 0 spiro atoms. The number of rotatable bonds is 3. The fourth-order valence-electron chi connectivity index (χ4n) is 2.92. The van der Waals surface area contributed by atoms with E-state index in [4.69, 9.17) is 18.9 Å². The molecule has 5 rings (SSSR count). The molecule has 2 aliphatic rings. The Morgan fingerprint density at radius 2 is 1.93 bits per heavy atom. The summed E-state index contributed by atoms with van der Waals surface area (Å²) < 4.78 is 21.6. The van der Waals surface area contributed by atoms with Gasteiger partial charge in [0.15, 0.2) is 17.3 Å². The van der Waals surface area contributed by atoms with Crippen molar-refractivity contribution in [1.82, 2.24) is 0 Å². The Balaban J connectivity index is 1.36. The van der Waals surface area contributed by atoms with Crippen LogP contribution in [0.3, 0.4) is 0 Å². The summed E-state index contributed by atoms with van der Waals surface area (Å²) >= 11 is 1.51. The molecule has 28 heavy (non-hydrogen) atoms. The average molecular weight is 392 g/mol. The van der Waals surface area contributed by atoms with Crippen molar-refractivity contribution < 1.29 is 28.5 Å². The zero-order valence-corrected chi connectivity index (χ0v) is 15.2. The van der Waals surface area contributed by atoms with Crippen LogP contribution in [0.25, 0.3) is 6.08 Å². The highest BCUT2D eigenvalue weighted by molar-refractivity contribution is 7.10. The normalized spacial score (nSPS) is 15.4. The number of fused-ring (bicyclic) bond motifs is 2. The standard InChI is InChI=1S/C21H12O6S/c22-20-15-5-4-13(9-17(15)27-19(20)10-14-2-1-7-28-14)26-21(23)12-3-6-16-18(8-12)25-11-24-16/h1-10H,11H2/b19-10+. The fraction of sp³-hybridized carbons (Fsp3) is 0.0476. The summed E-state index contributed by atoms with van der Waals surface area (Å²) in [5, 5.41) is 1.92. The number of hydrogen-bond acceptors (Lipinski definition) is 7. The van der Waals surface area contributed by atoms with Crippen molar-refractivity contribution in [2.45, 2.75) is 0 Å². The Morgan fingerprint density at radius 1 is 1.04 bits per heavy atom. The lowest BCUT2D eigenvalue weighted by atomic mass is 10.1. The first kappa shape index (κ1) is 16.6. The number of Topliss-reactive ketones (excluding diaryl/α,β-unsaturated/α-hetero) is 1. The quantitative estimate of drug-likeness (QED) is 0.376. The van der Waals surface area contributed by atoms with Gasteiger partial charge in [-0.3, -0.25) is 4.79 Å². The number of ketones is 1. The van der Waals surface area contributed by atoms with Crippen molar-refractivity contribution in [3.05, 3.63) is 75.7 Å². The molecule has 0 atom stereocenters. The van der Waals surface area contributed by atoms with Gasteiger partial charge in [-0.25, -0.2) is 4.79 Å². The number of hydrogen-bond donors (Lipinski definition) is 0. The molecule has 3 aromatic rings. The van der Waals surface area contributed by atoms with Crippen molar-refractivity contribution in [2.75, 3.05) is 6.79 Å². The minimum atomic E-state index is -0.545. The maximum atomic E-state index is 12.5. The van der Waals surface area contributed by atoms with Crippen LogP contribution in [0.1, 0.15) is 25.6 Å². The zero-order chi connectivity index (χ0) is 19.1. The van der Waals surface area contributed by atoms with Gasteiger partial charge in [-0.05, 0) is 41.8 Å². The molecule has 138 valence electrons. The van der Waals surface area contributed by atoms with Gasteiger partial charge in [0.1, 0.15) is 11.5 Å². The largest absolute Gasteiger partial charge is 0.454 e. The molecule has 0 unspecified atom stereocenters. The molecule has 3 heterocycles. The van der Waals surface area contributed by atoms with Crippen LogP contribution >= 0.6 is 11.3 Å². The highest BCUT2D eigenvalue weighted by atomic mass is 32.1. The summed E-state index contributed by atoms with van der Waals surface area (Å²) in [7, 11) is 0. The van der Waals surface area contributed by atoms with Gasteiger partial charge in [-0.2, -0.15) is 0 Å². The SMILES string of the molecule is O=C(Oc1ccc2c(c1)O/C(=C/c1cccs1)C2=O)c1ccc2c(c1)OCO2. The molecule has 1 aromatic heterocycles. The molecule has 0 fully saturated rings. The van der Waals surface area contributed by atoms with Gasteiger partial charge in [0.2, 0.25) is 12.6 Å². The van der Waals surface area contributed by atoms with Crippen LogP contribution in [-0.4, -0.2) is 18.5 Å². The molecule has 0 saturated heterocycles. The number of ether oxygens (including phenoxy) is 4. The van der Waals surface area contributed by atoms with E-state index in [-0.39, 0.29) is 24.1 Å². The number of carbonyl (C=O) groups is 2. The third-order valence-electron chi connectivity index (χ3n) is 4.28. The van der Waals surface area contributed by atoms with Crippen molar-refractivity contribution in [3.63, 3.8) is 0 Å². The summed E-state index contributed by atoms with van der Waals surface area (Å²) in [6.45, 7) is 0.130. The topological polar surface area (TPSA) is 71.1 Å². The molecule has 0 radical (unpaired) electrons. The predicted molar refractivity (Wildman–Crippen MR) is 101 cm³/mol. The van der Waals surface area contributed by atoms with E-state index in [0.29, 0.717) is 28.4 Å². The molecule has 0 bridgehead atoms. The molecule has 2 aromatic carbocycles. The lowest BCUT2D eigenvalue weighted by Gasteiger charge is -2.06. The van der Waals surface area contributed by atoms with Crippen molar-refractivity contribution in [2.24, 2.45) is 0 Å². The molecule has 0 amide bonds. The fourth-order valence-corrected chi connectivity index (χ4v) is 3.57. The molecule has 2 aliphatic heterocycles.